The number of nitrogens with zero attached hydrogens (tertiary/aromatic N) is 1. The minimum Gasteiger partial charge on any atom is -0.508 e. The number of phenols is 1. The van der Waals surface area contributed by atoms with Crippen LogP contribution in [-0.4, -0.2) is 16.4 Å². The van der Waals surface area contributed by atoms with Gasteiger partial charge in [-0.1, -0.05) is 36.4 Å². The first-order chi connectivity index (χ1) is 9.15. The second-order valence-electron chi connectivity index (χ2n) is 3.91. The van der Waals surface area contributed by atoms with E-state index in [1.54, 1.807) is 18.3 Å². The molecular weight excluding hydrogens is 258 g/mol. The summed E-state index contributed by atoms with van der Waals surface area (Å²) in [6.07, 6.45) is 1.63. The van der Waals surface area contributed by atoms with Gasteiger partial charge >= 0.3 is 0 Å². The summed E-state index contributed by atoms with van der Waals surface area (Å²) in [5.41, 5.74) is 10.7. The molecule has 0 radical (unpaired) electrons. The van der Waals surface area contributed by atoms with Crippen molar-refractivity contribution < 1.29 is 5.11 Å². The number of aromatic hydroxyl groups is 1. The van der Waals surface area contributed by atoms with Crippen molar-refractivity contribution in [2.24, 2.45) is 10.8 Å². The third-order valence-corrected chi connectivity index (χ3v) is 2.57. The van der Waals surface area contributed by atoms with Gasteiger partial charge in [-0.15, -0.1) is 0 Å². The van der Waals surface area contributed by atoms with Gasteiger partial charge in [-0.25, -0.2) is 0 Å². The van der Waals surface area contributed by atoms with E-state index in [2.05, 4.69) is 22.7 Å². The van der Waals surface area contributed by atoms with Gasteiger partial charge in [0.15, 0.2) is 5.11 Å². The van der Waals surface area contributed by atoms with E-state index < -0.39 is 0 Å². The van der Waals surface area contributed by atoms with Crippen LogP contribution in [0.5, 0.6) is 5.75 Å². The first-order valence-electron chi connectivity index (χ1n) is 5.63. The topological polar surface area (TPSA) is 70.6 Å². The first kappa shape index (κ1) is 13.0. The minimum absolute atomic E-state index is 0.132. The molecule has 2 rings (SSSR count). The number of hydrogen-bond acceptors (Lipinski definition) is 3. The number of hydrogen-bond donors (Lipinski definition) is 3. The average molecular weight is 271 g/mol. The lowest BCUT2D eigenvalue weighted by Crippen LogP contribution is -2.23. The van der Waals surface area contributed by atoms with Crippen molar-refractivity contribution in [2.75, 3.05) is 0 Å². The van der Waals surface area contributed by atoms with Gasteiger partial charge in [-0.3, -0.25) is 5.43 Å². The average Bonchev–Trinajstić information content (AvgIpc) is 2.39. The molecule has 4 N–H and O–H groups in total. The molecule has 19 heavy (non-hydrogen) atoms. The van der Waals surface area contributed by atoms with E-state index in [1.807, 2.05) is 36.4 Å². The molecule has 0 saturated carbocycles. The van der Waals surface area contributed by atoms with E-state index in [0.29, 0.717) is 0 Å². The van der Waals surface area contributed by atoms with Crippen LogP contribution in [0.4, 0.5) is 0 Å². The van der Waals surface area contributed by atoms with E-state index >= 15 is 0 Å². The lowest BCUT2D eigenvalue weighted by Gasteiger charge is -2.02. The number of rotatable bonds is 3. The number of phenolic OH excluding ortho intramolecular Hbond substituents is 1. The second kappa shape index (κ2) is 5.97. The van der Waals surface area contributed by atoms with Crippen molar-refractivity contribution in [1.82, 2.24) is 5.43 Å². The zero-order valence-electron chi connectivity index (χ0n) is 10.1. The Hall–Kier alpha value is -2.40. The minimum atomic E-state index is 0.132. The Morgan fingerprint density at radius 1 is 1.16 bits per heavy atom. The van der Waals surface area contributed by atoms with Crippen molar-refractivity contribution in [1.29, 1.82) is 0 Å². The molecule has 96 valence electrons. The van der Waals surface area contributed by atoms with Gasteiger partial charge in [-0.05, 0) is 41.0 Å². The van der Waals surface area contributed by atoms with E-state index in [9.17, 15) is 5.11 Å². The summed E-state index contributed by atoms with van der Waals surface area (Å²) in [5.74, 6) is 0.254. The highest BCUT2D eigenvalue weighted by Gasteiger charge is 1.98. The van der Waals surface area contributed by atoms with Crippen molar-refractivity contribution in [3.8, 4) is 16.9 Å². The van der Waals surface area contributed by atoms with Gasteiger partial charge in [0.25, 0.3) is 0 Å². The lowest BCUT2D eigenvalue weighted by molar-refractivity contribution is 0.475. The monoisotopic (exact) mass is 271 g/mol. The molecule has 0 aliphatic rings. The van der Waals surface area contributed by atoms with E-state index in [-0.39, 0.29) is 10.9 Å². The molecular formula is C14H13N3OS. The maximum atomic E-state index is 9.44. The molecule has 5 heteroatoms. The molecule has 0 heterocycles. The van der Waals surface area contributed by atoms with Crippen molar-refractivity contribution in [3.05, 3.63) is 54.1 Å². The fraction of sp³-hybridized carbons (Fsp3) is 0. The third-order valence-electron chi connectivity index (χ3n) is 2.48. The van der Waals surface area contributed by atoms with Gasteiger partial charge in [0, 0.05) is 0 Å². The molecule has 0 bridgehead atoms. The zero-order valence-corrected chi connectivity index (χ0v) is 10.9. The van der Waals surface area contributed by atoms with E-state index in [0.717, 1.165) is 16.7 Å². The predicted octanol–water partition coefficient (Wildman–Crippen LogP) is 2.23. The van der Waals surface area contributed by atoms with Crippen LogP contribution >= 0.6 is 12.2 Å². The van der Waals surface area contributed by atoms with Crippen LogP contribution in [0.25, 0.3) is 11.1 Å². The van der Waals surface area contributed by atoms with Crippen molar-refractivity contribution in [3.63, 3.8) is 0 Å². The molecule has 0 aliphatic carbocycles. The van der Waals surface area contributed by atoms with Crippen LogP contribution in [0.15, 0.2) is 53.6 Å². The van der Waals surface area contributed by atoms with Gasteiger partial charge in [0.2, 0.25) is 0 Å². The SMILES string of the molecule is NC(=S)NN=Cc1ccc(-c2cccc(O)c2)cc1. The summed E-state index contributed by atoms with van der Waals surface area (Å²) in [6, 6.07) is 14.9. The number of nitrogens with one attached hydrogen (secondary N) is 1. The quantitative estimate of drug-likeness (QED) is 0.455. The Morgan fingerprint density at radius 3 is 2.53 bits per heavy atom. The summed E-state index contributed by atoms with van der Waals surface area (Å²) in [7, 11) is 0. The van der Waals surface area contributed by atoms with Gasteiger partial charge in [0.05, 0.1) is 6.21 Å². The second-order valence-corrected chi connectivity index (χ2v) is 4.35. The first-order valence-corrected chi connectivity index (χ1v) is 6.04. The molecule has 4 nitrogen and oxygen atoms in total. The highest BCUT2D eigenvalue weighted by atomic mass is 32.1. The maximum absolute atomic E-state index is 9.44. The van der Waals surface area contributed by atoms with Crippen LogP contribution in [0, 0.1) is 0 Å². The molecule has 0 aromatic heterocycles. The van der Waals surface area contributed by atoms with E-state index in [4.69, 9.17) is 5.73 Å². The molecule has 0 atom stereocenters. The Labute approximate surface area is 116 Å². The van der Waals surface area contributed by atoms with Crippen LogP contribution in [0.2, 0.25) is 0 Å². The van der Waals surface area contributed by atoms with Crippen molar-refractivity contribution >= 4 is 23.5 Å². The number of thiocarbonyl (C=S) groups is 1. The molecule has 0 fully saturated rings. The van der Waals surface area contributed by atoms with Crippen molar-refractivity contribution in [2.45, 2.75) is 0 Å². The Balaban J connectivity index is 2.14. The summed E-state index contributed by atoms with van der Waals surface area (Å²) in [6.45, 7) is 0. The molecule has 0 aliphatic heterocycles. The predicted molar refractivity (Wildman–Crippen MR) is 81.1 cm³/mol. The third kappa shape index (κ3) is 3.79. The fourth-order valence-electron chi connectivity index (χ4n) is 1.62. The van der Waals surface area contributed by atoms with Crippen LogP contribution in [-0.2, 0) is 0 Å². The Kier molecular flexibility index (Phi) is 4.10. The van der Waals surface area contributed by atoms with Crippen LogP contribution < -0.4 is 11.2 Å². The molecule has 0 spiro atoms. The molecule has 2 aromatic carbocycles. The van der Waals surface area contributed by atoms with Gasteiger partial charge in [-0.2, -0.15) is 5.10 Å². The number of benzene rings is 2. The van der Waals surface area contributed by atoms with Gasteiger partial charge in [0.1, 0.15) is 5.75 Å². The fourth-order valence-corrected chi connectivity index (χ4v) is 1.67. The highest BCUT2D eigenvalue weighted by Crippen LogP contribution is 2.23. The van der Waals surface area contributed by atoms with Crippen LogP contribution in [0.1, 0.15) is 5.56 Å². The largest absolute Gasteiger partial charge is 0.508 e. The van der Waals surface area contributed by atoms with Crippen LogP contribution in [0.3, 0.4) is 0 Å². The maximum Gasteiger partial charge on any atom is 0.184 e. The Bertz CT molecular complexity index is 608. The zero-order chi connectivity index (χ0) is 13.7. The standard InChI is InChI=1S/C14H13N3OS/c15-14(19)17-16-9-10-4-6-11(7-5-10)12-2-1-3-13(18)8-12/h1-9,18H,(H3,15,17,19). The molecule has 0 saturated heterocycles. The number of nitrogens with two attached hydrogens (primary N) is 1. The summed E-state index contributed by atoms with van der Waals surface area (Å²) in [5, 5.41) is 13.5. The van der Waals surface area contributed by atoms with E-state index in [1.165, 1.54) is 0 Å². The normalized spacial score (nSPS) is 10.5. The summed E-state index contributed by atoms with van der Waals surface area (Å²) < 4.78 is 0. The number of hydrazone groups is 1. The molecule has 2 aromatic rings. The summed E-state index contributed by atoms with van der Waals surface area (Å²) in [4.78, 5) is 0. The molecule has 0 unspecified atom stereocenters. The molecule has 0 amide bonds. The Morgan fingerprint density at radius 2 is 1.89 bits per heavy atom. The smallest absolute Gasteiger partial charge is 0.184 e. The highest BCUT2D eigenvalue weighted by molar-refractivity contribution is 7.80. The van der Waals surface area contributed by atoms with Gasteiger partial charge < -0.3 is 10.8 Å². The lowest BCUT2D eigenvalue weighted by atomic mass is 10.0. The summed E-state index contributed by atoms with van der Waals surface area (Å²) >= 11 is 4.64.